The van der Waals surface area contributed by atoms with Crippen molar-refractivity contribution < 1.29 is 27.9 Å². The van der Waals surface area contributed by atoms with Crippen molar-refractivity contribution in [2.45, 2.75) is 17.9 Å². The number of nitrogens with zero attached hydrogens (tertiary/aromatic N) is 3. The molecule has 5 aromatic rings. The largest absolute Gasteiger partial charge is 0.497 e. The zero-order valence-corrected chi connectivity index (χ0v) is 22.8. The summed E-state index contributed by atoms with van der Waals surface area (Å²) in [4.78, 5) is 20.8. The van der Waals surface area contributed by atoms with Gasteiger partial charge in [-0.05, 0) is 53.4 Å². The van der Waals surface area contributed by atoms with Crippen LogP contribution in [0.1, 0.15) is 16.7 Å². The average molecular weight is 571 g/mol. The summed E-state index contributed by atoms with van der Waals surface area (Å²) in [5.74, 6) is 0.327. The molecule has 0 bridgehead atoms. The van der Waals surface area contributed by atoms with Crippen molar-refractivity contribution in [2.24, 2.45) is 0 Å². The molecule has 1 amide bonds. The Labute approximate surface area is 236 Å². The normalized spacial score (nSPS) is 11.2. The molecule has 0 aliphatic rings. The Hall–Kier alpha value is -5.00. The van der Waals surface area contributed by atoms with Gasteiger partial charge in [0.2, 0.25) is 0 Å². The number of carbonyl (C=O) groups excluding carboxylic acids is 1. The quantitative estimate of drug-likeness (QED) is 0.185. The average Bonchev–Trinajstić information content (AvgIpc) is 3.01. The number of amides is 1. The second-order valence-corrected chi connectivity index (χ2v) is 10.9. The van der Waals surface area contributed by atoms with Crippen LogP contribution in [0.15, 0.2) is 108 Å². The lowest BCUT2D eigenvalue weighted by Gasteiger charge is -2.27. The van der Waals surface area contributed by atoms with E-state index in [1.54, 1.807) is 48.8 Å². The van der Waals surface area contributed by atoms with Gasteiger partial charge in [0.15, 0.2) is 5.75 Å². The highest BCUT2D eigenvalue weighted by Gasteiger charge is 2.31. The Morgan fingerprint density at radius 3 is 2.37 bits per heavy atom. The standard InChI is InChI=1S/C30H26N4O6S/c1-39-24-12-14-25(15-13-24)41(37,38)34(20-22-9-6-16-31-18-22)29-26-11-5-10-23(17-21-7-3-2-4-8-21)28(26)32-19-27(29)40-30(35)33-36/h2-16,18-19,36H,17,20H2,1H3,(H,33,35). The molecule has 0 aliphatic heterocycles. The highest BCUT2D eigenvalue weighted by atomic mass is 32.2. The van der Waals surface area contributed by atoms with Gasteiger partial charge in [-0.25, -0.2) is 18.7 Å². The fraction of sp³-hybridized carbons (Fsp3) is 0.100. The highest BCUT2D eigenvalue weighted by Crippen LogP contribution is 2.40. The zero-order valence-electron chi connectivity index (χ0n) is 22.0. The number of rotatable bonds is 9. The van der Waals surface area contributed by atoms with Gasteiger partial charge in [-0.2, -0.15) is 0 Å². The molecule has 2 N–H and O–H groups in total. The van der Waals surface area contributed by atoms with Gasteiger partial charge in [0, 0.05) is 17.8 Å². The minimum Gasteiger partial charge on any atom is -0.497 e. The third kappa shape index (κ3) is 5.96. The Balaban J connectivity index is 1.75. The van der Waals surface area contributed by atoms with Gasteiger partial charge < -0.3 is 9.47 Å². The van der Waals surface area contributed by atoms with E-state index in [4.69, 9.17) is 9.47 Å². The van der Waals surface area contributed by atoms with Crippen LogP contribution in [0.5, 0.6) is 11.5 Å². The number of methoxy groups -OCH3 is 1. The molecule has 0 fully saturated rings. The van der Waals surface area contributed by atoms with Crippen LogP contribution in [0.2, 0.25) is 0 Å². The number of anilines is 1. The third-order valence-corrected chi connectivity index (χ3v) is 8.16. The molecule has 208 valence electrons. The van der Waals surface area contributed by atoms with Crippen molar-refractivity contribution in [3.63, 3.8) is 0 Å². The number of pyridine rings is 2. The summed E-state index contributed by atoms with van der Waals surface area (Å²) in [7, 11) is -2.77. The van der Waals surface area contributed by atoms with E-state index in [0.29, 0.717) is 28.6 Å². The third-order valence-electron chi connectivity index (χ3n) is 6.40. The summed E-state index contributed by atoms with van der Waals surface area (Å²) in [5, 5.41) is 9.61. The lowest BCUT2D eigenvalue weighted by Crippen LogP contribution is -2.32. The summed E-state index contributed by atoms with van der Waals surface area (Å²) in [6.45, 7) is -0.138. The van der Waals surface area contributed by atoms with Crippen LogP contribution in [0.25, 0.3) is 10.9 Å². The summed E-state index contributed by atoms with van der Waals surface area (Å²) in [5.41, 5.74) is 4.51. The molecule has 11 heteroatoms. The number of nitrogens with one attached hydrogen (secondary N) is 1. The smallest absolute Gasteiger partial charge is 0.436 e. The number of hydroxylamine groups is 1. The Morgan fingerprint density at radius 1 is 0.927 bits per heavy atom. The van der Waals surface area contributed by atoms with E-state index in [1.807, 2.05) is 36.4 Å². The molecule has 0 saturated heterocycles. The van der Waals surface area contributed by atoms with Crippen LogP contribution in [0.3, 0.4) is 0 Å². The summed E-state index contributed by atoms with van der Waals surface area (Å²) >= 11 is 0. The predicted molar refractivity (Wildman–Crippen MR) is 153 cm³/mol. The molecular weight excluding hydrogens is 544 g/mol. The van der Waals surface area contributed by atoms with E-state index >= 15 is 0 Å². The number of ether oxygens (including phenoxy) is 2. The molecule has 41 heavy (non-hydrogen) atoms. The Morgan fingerprint density at radius 2 is 1.68 bits per heavy atom. The van der Waals surface area contributed by atoms with Crippen molar-refractivity contribution >= 4 is 32.7 Å². The van der Waals surface area contributed by atoms with Gasteiger partial charge in [0.25, 0.3) is 10.0 Å². The van der Waals surface area contributed by atoms with Crippen LogP contribution in [0, 0.1) is 0 Å². The van der Waals surface area contributed by atoms with Gasteiger partial charge in [-0.15, -0.1) is 0 Å². The van der Waals surface area contributed by atoms with E-state index < -0.39 is 16.1 Å². The topological polar surface area (TPSA) is 131 Å². The number of benzene rings is 3. The van der Waals surface area contributed by atoms with Crippen molar-refractivity contribution in [1.82, 2.24) is 15.4 Å². The molecule has 5 rings (SSSR count). The molecule has 3 aromatic carbocycles. The number of carbonyl (C=O) groups is 1. The van der Waals surface area contributed by atoms with E-state index in [0.717, 1.165) is 15.4 Å². The SMILES string of the molecule is COc1ccc(S(=O)(=O)N(Cc2cccnc2)c2c(OC(=O)NO)cnc3c(Cc4ccccc4)cccc23)cc1. The lowest BCUT2D eigenvalue weighted by atomic mass is 10.0. The maximum atomic E-state index is 14.3. The van der Waals surface area contributed by atoms with Gasteiger partial charge >= 0.3 is 6.09 Å². The number of aromatic nitrogens is 2. The Kier molecular flexibility index (Phi) is 8.09. The van der Waals surface area contributed by atoms with E-state index in [9.17, 15) is 18.4 Å². The van der Waals surface area contributed by atoms with Crippen LogP contribution in [-0.4, -0.2) is 36.8 Å². The molecule has 2 heterocycles. The van der Waals surface area contributed by atoms with E-state index in [2.05, 4.69) is 9.97 Å². The molecular formula is C30H26N4O6S. The second-order valence-electron chi connectivity index (χ2n) is 9.00. The van der Waals surface area contributed by atoms with Crippen molar-refractivity contribution in [1.29, 1.82) is 0 Å². The minimum absolute atomic E-state index is 0.00912. The fourth-order valence-electron chi connectivity index (χ4n) is 4.48. The maximum absolute atomic E-state index is 14.3. The number of fused-ring (bicyclic) bond motifs is 1. The van der Waals surface area contributed by atoms with Gasteiger partial charge in [0.1, 0.15) is 11.4 Å². The highest BCUT2D eigenvalue weighted by molar-refractivity contribution is 7.92. The molecule has 0 saturated carbocycles. The van der Waals surface area contributed by atoms with Gasteiger partial charge in [-0.1, -0.05) is 54.6 Å². The first kappa shape index (κ1) is 27.6. The molecule has 10 nitrogen and oxygen atoms in total. The lowest BCUT2D eigenvalue weighted by molar-refractivity contribution is 0.127. The predicted octanol–water partition coefficient (Wildman–Crippen LogP) is 5.10. The van der Waals surface area contributed by atoms with Crippen molar-refractivity contribution in [3.8, 4) is 11.5 Å². The molecule has 0 spiro atoms. The fourth-order valence-corrected chi connectivity index (χ4v) is 5.96. The van der Waals surface area contributed by atoms with Gasteiger partial charge in [-0.3, -0.25) is 19.5 Å². The van der Waals surface area contributed by atoms with Crippen LogP contribution in [-0.2, 0) is 23.0 Å². The second kappa shape index (κ2) is 12.0. The summed E-state index contributed by atoms with van der Waals surface area (Å²) in [6.07, 6.45) is 3.76. The first-order valence-corrected chi connectivity index (χ1v) is 14.0. The first-order chi connectivity index (χ1) is 19.9. The molecule has 2 aromatic heterocycles. The molecule has 0 unspecified atom stereocenters. The van der Waals surface area contributed by atoms with Crippen LogP contribution < -0.4 is 19.3 Å². The first-order valence-electron chi connectivity index (χ1n) is 12.5. The minimum atomic E-state index is -4.26. The number of para-hydroxylation sites is 1. The molecule has 0 aliphatic carbocycles. The zero-order chi connectivity index (χ0) is 28.8. The molecule has 0 radical (unpaired) electrons. The van der Waals surface area contributed by atoms with Crippen LogP contribution in [0.4, 0.5) is 10.5 Å². The Bertz CT molecular complexity index is 1770. The summed E-state index contributed by atoms with van der Waals surface area (Å²) in [6, 6.07) is 24.6. The number of hydrogen-bond acceptors (Lipinski definition) is 8. The number of hydrogen-bond donors (Lipinski definition) is 2. The maximum Gasteiger partial charge on any atom is 0.436 e. The van der Waals surface area contributed by atoms with Crippen molar-refractivity contribution in [2.75, 3.05) is 11.4 Å². The van der Waals surface area contributed by atoms with Crippen LogP contribution >= 0.6 is 0 Å². The van der Waals surface area contributed by atoms with E-state index in [1.165, 1.54) is 30.9 Å². The summed E-state index contributed by atoms with van der Waals surface area (Å²) < 4.78 is 40.3. The number of sulfonamides is 1. The van der Waals surface area contributed by atoms with Gasteiger partial charge in [0.05, 0.1) is 30.3 Å². The molecule has 0 atom stereocenters. The van der Waals surface area contributed by atoms with E-state index in [-0.39, 0.29) is 22.9 Å². The monoisotopic (exact) mass is 570 g/mol. The van der Waals surface area contributed by atoms with Crippen molar-refractivity contribution in [3.05, 3.63) is 120 Å².